The van der Waals surface area contributed by atoms with Gasteiger partial charge in [0.15, 0.2) is 11.5 Å². The summed E-state index contributed by atoms with van der Waals surface area (Å²) in [5.41, 5.74) is 5.99. The topological polar surface area (TPSA) is 41.7 Å². The van der Waals surface area contributed by atoms with Crippen molar-refractivity contribution in [1.29, 1.82) is 0 Å². The fraction of sp³-hybridized carbons (Fsp3) is 0.0500. The van der Waals surface area contributed by atoms with Crippen LogP contribution in [0.2, 0.25) is 0 Å². The number of rotatable bonds is 4. The minimum Gasteiger partial charge on any atom is -0.342 e. The predicted molar refractivity (Wildman–Crippen MR) is 190 cm³/mol. The van der Waals surface area contributed by atoms with Gasteiger partial charge in [-0.2, -0.15) is 0 Å². The van der Waals surface area contributed by atoms with Crippen LogP contribution < -0.4 is 5.32 Å². The van der Waals surface area contributed by atoms with E-state index in [-0.39, 0.29) is 0 Å². The molecule has 1 aliphatic rings. The fourth-order valence-corrected chi connectivity index (χ4v) is 7.89. The number of nitrogens with one attached hydrogen (secondary N) is 1. The highest BCUT2D eigenvalue weighted by Gasteiger charge is 2.32. The lowest BCUT2D eigenvalue weighted by Gasteiger charge is -2.33. The molecule has 0 fully saturated rings. The number of nitrogens with zero attached hydrogens (tertiary/aromatic N) is 3. The normalized spacial score (nSPS) is 16.6. The molecule has 1 atom stereocenters. The number of amidine groups is 2. The summed E-state index contributed by atoms with van der Waals surface area (Å²) in [4.78, 5) is 10.3. The van der Waals surface area contributed by atoms with Crippen molar-refractivity contribution in [1.82, 2.24) is 9.88 Å². The molecule has 1 unspecified atom stereocenters. The van der Waals surface area contributed by atoms with Crippen molar-refractivity contribution in [2.75, 3.05) is 0 Å². The molecule has 9 rings (SSSR count). The standard InChI is InChI=1S/C40H28N4S/c1-40(28-14-6-3-7-15-28)42-38(26-12-4-2-5-13-26)41-39(43-40)27-20-22-29(23-21-27)44-34-18-10-8-16-30(34)32-24-25-33-31-17-9-11-19-35(31)45-37(33)36(32)44/h2-25H,1H3,(H,41,42,43). The molecular weight excluding hydrogens is 569 g/mol. The zero-order valence-electron chi connectivity index (χ0n) is 24.6. The van der Waals surface area contributed by atoms with Gasteiger partial charge >= 0.3 is 0 Å². The van der Waals surface area contributed by atoms with Crippen LogP contribution in [0.1, 0.15) is 23.6 Å². The van der Waals surface area contributed by atoms with Crippen LogP contribution in [0.15, 0.2) is 156 Å². The second kappa shape index (κ2) is 10.0. The quantitative estimate of drug-likeness (QED) is 0.216. The van der Waals surface area contributed by atoms with Crippen LogP contribution in [0.5, 0.6) is 0 Å². The summed E-state index contributed by atoms with van der Waals surface area (Å²) in [6, 6.07) is 51.4. The van der Waals surface area contributed by atoms with Gasteiger partial charge in [-0.3, -0.25) is 0 Å². The average molecular weight is 597 g/mol. The number of hydrogen-bond acceptors (Lipinski definition) is 4. The summed E-state index contributed by atoms with van der Waals surface area (Å²) in [5.74, 6) is 1.52. The minimum atomic E-state index is -0.665. The molecule has 0 amide bonds. The molecular formula is C40H28N4S. The third-order valence-electron chi connectivity index (χ3n) is 8.86. The molecule has 8 aromatic rings. The number of aromatic nitrogens is 1. The van der Waals surface area contributed by atoms with Gasteiger partial charge in [-0.25, -0.2) is 9.98 Å². The Hall–Kier alpha value is -5.52. The van der Waals surface area contributed by atoms with Crippen molar-refractivity contribution in [2.45, 2.75) is 12.6 Å². The van der Waals surface area contributed by atoms with Crippen LogP contribution >= 0.6 is 11.3 Å². The molecule has 3 heterocycles. The number of benzene rings is 6. The van der Waals surface area contributed by atoms with Crippen molar-refractivity contribution >= 4 is 65.0 Å². The van der Waals surface area contributed by atoms with Crippen molar-refractivity contribution in [3.8, 4) is 5.69 Å². The smallest absolute Gasteiger partial charge is 0.159 e. The molecule has 0 spiro atoms. The molecule has 4 nitrogen and oxygen atoms in total. The highest BCUT2D eigenvalue weighted by Crippen LogP contribution is 2.42. The van der Waals surface area contributed by atoms with Gasteiger partial charge in [0.05, 0.1) is 15.7 Å². The summed E-state index contributed by atoms with van der Waals surface area (Å²) < 4.78 is 5.04. The van der Waals surface area contributed by atoms with E-state index in [4.69, 9.17) is 9.98 Å². The van der Waals surface area contributed by atoms with E-state index in [1.807, 2.05) is 35.6 Å². The molecule has 6 aromatic carbocycles. The Morgan fingerprint density at radius 3 is 2.07 bits per heavy atom. The van der Waals surface area contributed by atoms with Gasteiger partial charge in [-0.05, 0) is 48.9 Å². The first-order chi connectivity index (χ1) is 22.2. The van der Waals surface area contributed by atoms with E-state index in [1.54, 1.807) is 0 Å². The maximum absolute atomic E-state index is 5.20. The van der Waals surface area contributed by atoms with Crippen molar-refractivity contribution in [2.24, 2.45) is 9.98 Å². The largest absolute Gasteiger partial charge is 0.342 e. The molecule has 0 aliphatic carbocycles. The monoisotopic (exact) mass is 596 g/mol. The maximum atomic E-state index is 5.20. The average Bonchev–Trinajstić information content (AvgIpc) is 3.65. The third kappa shape index (κ3) is 4.12. The Morgan fingerprint density at radius 2 is 1.27 bits per heavy atom. The number of para-hydroxylation sites is 1. The van der Waals surface area contributed by atoms with Gasteiger partial charge < -0.3 is 9.88 Å². The Balaban J connectivity index is 1.22. The summed E-state index contributed by atoms with van der Waals surface area (Å²) in [5, 5.41) is 8.76. The predicted octanol–water partition coefficient (Wildman–Crippen LogP) is 9.82. The van der Waals surface area contributed by atoms with Crippen LogP contribution in [0.25, 0.3) is 47.7 Å². The molecule has 2 aromatic heterocycles. The second-order valence-electron chi connectivity index (χ2n) is 11.7. The molecule has 0 saturated heterocycles. The summed E-state index contributed by atoms with van der Waals surface area (Å²) in [6.45, 7) is 2.11. The lowest BCUT2D eigenvalue weighted by molar-refractivity contribution is 0.455. The molecule has 214 valence electrons. The highest BCUT2D eigenvalue weighted by molar-refractivity contribution is 7.26. The number of fused-ring (bicyclic) bond motifs is 7. The van der Waals surface area contributed by atoms with Crippen LogP contribution in [0, 0.1) is 0 Å². The maximum Gasteiger partial charge on any atom is 0.159 e. The van der Waals surface area contributed by atoms with E-state index in [2.05, 4.69) is 138 Å². The Labute approximate surface area is 264 Å². The fourth-order valence-electron chi connectivity index (χ4n) is 6.65. The van der Waals surface area contributed by atoms with Crippen LogP contribution in [-0.4, -0.2) is 16.2 Å². The summed E-state index contributed by atoms with van der Waals surface area (Å²) in [6.07, 6.45) is 0. The van der Waals surface area contributed by atoms with Crippen molar-refractivity contribution < 1.29 is 0 Å². The molecule has 0 bridgehead atoms. The lowest BCUT2D eigenvalue weighted by Crippen LogP contribution is -2.46. The lowest BCUT2D eigenvalue weighted by atomic mass is 9.99. The van der Waals surface area contributed by atoms with Crippen molar-refractivity contribution in [3.05, 3.63) is 162 Å². The van der Waals surface area contributed by atoms with E-state index in [9.17, 15) is 0 Å². The third-order valence-corrected chi connectivity index (χ3v) is 10.0. The van der Waals surface area contributed by atoms with Crippen LogP contribution in [-0.2, 0) is 5.66 Å². The van der Waals surface area contributed by atoms with Gasteiger partial charge in [0.2, 0.25) is 0 Å². The highest BCUT2D eigenvalue weighted by atomic mass is 32.1. The molecule has 1 aliphatic heterocycles. The van der Waals surface area contributed by atoms with Gasteiger partial charge in [0, 0.05) is 43.1 Å². The van der Waals surface area contributed by atoms with E-state index in [0.29, 0.717) is 5.84 Å². The first-order valence-electron chi connectivity index (χ1n) is 15.2. The first kappa shape index (κ1) is 25.9. The number of aliphatic imine (C=N–C) groups is 2. The SMILES string of the molecule is CC1(c2ccccc2)N=C(c2ccc(-n3c4ccccc4c4ccc5c6ccccc6sc5c43)cc2)N=C(c2ccccc2)N1. The molecule has 0 radical (unpaired) electrons. The van der Waals surface area contributed by atoms with E-state index < -0.39 is 5.66 Å². The van der Waals surface area contributed by atoms with Gasteiger partial charge in [0.1, 0.15) is 5.84 Å². The Kier molecular flexibility index (Phi) is 5.77. The van der Waals surface area contributed by atoms with Crippen molar-refractivity contribution in [3.63, 3.8) is 0 Å². The number of thiophene rings is 1. The summed E-state index contributed by atoms with van der Waals surface area (Å²) >= 11 is 1.87. The second-order valence-corrected chi connectivity index (χ2v) is 12.7. The zero-order valence-corrected chi connectivity index (χ0v) is 25.4. The molecule has 1 N–H and O–H groups in total. The van der Waals surface area contributed by atoms with Crippen LogP contribution in [0.4, 0.5) is 0 Å². The van der Waals surface area contributed by atoms with Gasteiger partial charge in [0.25, 0.3) is 0 Å². The van der Waals surface area contributed by atoms with Crippen LogP contribution in [0.3, 0.4) is 0 Å². The minimum absolute atomic E-state index is 0.665. The van der Waals surface area contributed by atoms with E-state index >= 15 is 0 Å². The molecule has 5 heteroatoms. The molecule has 45 heavy (non-hydrogen) atoms. The number of hydrogen-bond donors (Lipinski definition) is 1. The molecule has 0 saturated carbocycles. The van der Waals surface area contributed by atoms with E-state index in [1.165, 1.54) is 42.0 Å². The Bertz CT molecular complexity index is 2450. The van der Waals surface area contributed by atoms with Gasteiger partial charge in [-0.15, -0.1) is 11.3 Å². The summed E-state index contributed by atoms with van der Waals surface area (Å²) in [7, 11) is 0. The van der Waals surface area contributed by atoms with Gasteiger partial charge in [-0.1, -0.05) is 109 Å². The Morgan fingerprint density at radius 1 is 0.600 bits per heavy atom. The van der Waals surface area contributed by atoms with E-state index in [0.717, 1.165) is 28.2 Å². The first-order valence-corrected chi connectivity index (χ1v) is 16.0. The zero-order chi connectivity index (χ0) is 30.0.